The lowest BCUT2D eigenvalue weighted by Gasteiger charge is -2.12. The van der Waals surface area contributed by atoms with Crippen molar-refractivity contribution in [2.75, 3.05) is 19.5 Å². The smallest absolute Gasteiger partial charge is 0.322 e. The first-order valence-electron chi connectivity index (χ1n) is 4.22. The molecule has 0 aliphatic heterocycles. The van der Waals surface area contributed by atoms with Gasteiger partial charge < -0.3 is 14.9 Å². The van der Waals surface area contributed by atoms with Gasteiger partial charge in [0.15, 0.2) is 0 Å². The fourth-order valence-corrected chi connectivity index (χ4v) is 1.94. The van der Waals surface area contributed by atoms with Gasteiger partial charge in [0.05, 0.1) is 18.8 Å². The van der Waals surface area contributed by atoms with E-state index in [1.54, 1.807) is 4.72 Å². The van der Waals surface area contributed by atoms with Crippen LogP contribution in [0.3, 0.4) is 0 Å². The number of rotatable bonds is 8. The Labute approximate surface area is 92.3 Å². The van der Waals surface area contributed by atoms with Gasteiger partial charge in [0, 0.05) is 7.11 Å². The summed E-state index contributed by atoms with van der Waals surface area (Å²) in [7, 11) is -2.56. The molecule has 0 aromatic heterocycles. The number of carboxylic acid groups (broad SMARTS) is 2. The topological polar surface area (TPSA) is 130 Å². The molecule has 0 bridgehead atoms. The summed E-state index contributed by atoms with van der Waals surface area (Å²) in [6.07, 6.45) is -0.818. The van der Waals surface area contributed by atoms with Crippen molar-refractivity contribution in [3.05, 3.63) is 0 Å². The van der Waals surface area contributed by atoms with Crippen LogP contribution in [-0.4, -0.2) is 56.1 Å². The highest BCUT2D eigenvalue weighted by molar-refractivity contribution is 7.89. The van der Waals surface area contributed by atoms with Crippen LogP contribution in [0.2, 0.25) is 0 Å². The van der Waals surface area contributed by atoms with E-state index in [9.17, 15) is 18.0 Å². The van der Waals surface area contributed by atoms with Gasteiger partial charge >= 0.3 is 11.9 Å². The number of nitrogens with one attached hydrogen (secondary N) is 1. The molecule has 0 aromatic carbocycles. The summed E-state index contributed by atoms with van der Waals surface area (Å²) >= 11 is 0. The Morgan fingerprint density at radius 3 is 2.31 bits per heavy atom. The molecule has 0 rings (SSSR count). The van der Waals surface area contributed by atoms with Crippen LogP contribution in [0.5, 0.6) is 0 Å². The van der Waals surface area contributed by atoms with E-state index in [1.807, 2.05) is 0 Å². The highest BCUT2D eigenvalue weighted by atomic mass is 32.2. The minimum atomic E-state index is -3.85. The van der Waals surface area contributed by atoms with Crippen molar-refractivity contribution in [3.8, 4) is 0 Å². The van der Waals surface area contributed by atoms with Crippen LogP contribution in [0.15, 0.2) is 0 Å². The monoisotopic (exact) mass is 255 g/mol. The minimum absolute atomic E-state index is 0.102. The second-order valence-electron chi connectivity index (χ2n) is 2.92. The normalized spacial score (nSPS) is 13.3. The van der Waals surface area contributed by atoms with Gasteiger partial charge in [-0.2, -0.15) is 0 Å². The van der Waals surface area contributed by atoms with E-state index in [4.69, 9.17) is 10.2 Å². The van der Waals surface area contributed by atoms with Crippen molar-refractivity contribution in [3.63, 3.8) is 0 Å². The number of sulfonamides is 1. The van der Waals surface area contributed by atoms with Gasteiger partial charge in [-0.15, -0.1) is 0 Å². The number of hydrogen-bond donors (Lipinski definition) is 3. The fourth-order valence-electron chi connectivity index (χ4n) is 0.823. The molecule has 0 fully saturated rings. The number of carboxylic acids is 2. The number of aliphatic carboxylic acids is 2. The van der Waals surface area contributed by atoms with Crippen LogP contribution in [0, 0.1) is 0 Å². The molecule has 16 heavy (non-hydrogen) atoms. The van der Waals surface area contributed by atoms with E-state index in [0.717, 1.165) is 0 Å². The van der Waals surface area contributed by atoms with Crippen molar-refractivity contribution in [2.24, 2.45) is 0 Å². The number of hydrogen-bond acceptors (Lipinski definition) is 5. The van der Waals surface area contributed by atoms with Crippen molar-refractivity contribution < 1.29 is 33.0 Å². The third-order valence-corrected chi connectivity index (χ3v) is 2.90. The van der Waals surface area contributed by atoms with Crippen molar-refractivity contribution >= 4 is 22.0 Å². The fraction of sp³-hybridized carbons (Fsp3) is 0.714. The minimum Gasteiger partial charge on any atom is -0.481 e. The number of ether oxygens (including phenoxy) is 1. The van der Waals surface area contributed by atoms with Crippen LogP contribution in [0.4, 0.5) is 0 Å². The molecule has 0 heterocycles. The summed E-state index contributed by atoms with van der Waals surface area (Å²) in [4.78, 5) is 20.9. The summed E-state index contributed by atoms with van der Waals surface area (Å²) in [6.45, 7) is -0.102. The molecule has 1 atom stereocenters. The molecule has 94 valence electrons. The van der Waals surface area contributed by atoms with Crippen LogP contribution in [0.25, 0.3) is 0 Å². The number of methoxy groups -OCH3 is 1. The van der Waals surface area contributed by atoms with Crippen molar-refractivity contribution in [1.29, 1.82) is 0 Å². The van der Waals surface area contributed by atoms with E-state index in [-0.39, 0.29) is 6.61 Å². The zero-order valence-electron chi connectivity index (χ0n) is 8.54. The molecular weight excluding hydrogens is 242 g/mol. The van der Waals surface area contributed by atoms with Crippen LogP contribution < -0.4 is 4.72 Å². The maximum Gasteiger partial charge on any atom is 0.322 e. The first-order chi connectivity index (χ1) is 7.28. The molecule has 3 N–H and O–H groups in total. The second kappa shape index (κ2) is 6.40. The van der Waals surface area contributed by atoms with E-state index in [1.165, 1.54) is 7.11 Å². The average molecular weight is 255 g/mol. The van der Waals surface area contributed by atoms with E-state index >= 15 is 0 Å². The lowest BCUT2D eigenvalue weighted by molar-refractivity contribution is -0.145. The molecule has 0 amide bonds. The average Bonchev–Trinajstić information content (AvgIpc) is 2.12. The van der Waals surface area contributed by atoms with Crippen LogP contribution in [0.1, 0.15) is 6.42 Å². The molecule has 8 nitrogen and oxygen atoms in total. The van der Waals surface area contributed by atoms with Gasteiger partial charge in [0.1, 0.15) is 6.04 Å². The highest BCUT2D eigenvalue weighted by Crippen LogP contribution is 1.97. The number of carbonyl (C=O) groups is 2. The molecule has 9 heteroatoms. The van der Waals surface area contributed by atoms with Crippen molar-refractivity contribution in [2.45, 2.75) is 12.5 Å². The molecular formula is C7H13NO7S. The van der Waals surface area contributed by atoms with Crippen molar-refractivity contribution in [1.82, 2.24) is 4.72 Å². The Hall–Kier alpha value is -1.19. The van der Waals surface area contributed by atoms with Gasteiger partial charge in [0.2, 0.25) is 10.0 Å². The van der Waals surface area contributed by atoms with Gasteiger partial charge in [-0.3, -0.25) is 9.59 Å². The Kier molecular flexibility index (Phi) is 5.93. The molecule has 0 spiro atoms. The standard InChI is InChI=1S/C7H13NO7S/c1-15-2-3-16(13,14)8-5(7(11)12)4-6(9)10/h5,8H,2-4H2,1H3,(H,9,10)(H,11,12)/t5-/m0/s1. The van der Waals surface area contributed by atoms with E-state index in [2.05, 4.69) is 4.74 Å². The molecule has 0 aliphatic carbocycles. The quantitative estimate of drug-likeness (QED) is 0.480. The zero-order chi connectivity index (χ0) is 12.8. The van der Waals surface area contributed by atoms with E-state index in [0.29, 0.717) is 0 Å². The lowest BCUT2D eigenvalue weighted by atomic mass is 10.2. The summed E-state index contributed by atoms with van der Waals surface area (Å²) < 4.78 is 28.8. The van der Waals surface area contributed by atoms with Gasteiger partial charge in [0.25, 0.3) is 0 Å². The SMILES string of the molecule is COCCS(=O)(=O)N[C@@H](CC(=O)O)C(=O)O. The first-order valence-corrected chi connectivity index (χ1v) is 5.87. The predicted molar refractivity (Wildman–Crippen MR) is 52.5 cm³/mol. The molecule has 0 saturated heterocycles. The molecule has 0 aliphatic rings. The van der Waals surface area contributed by atoms with E-state index < -0.39 is 40.2 Å². The summed E-state index contributed by atoms with van der Waals surface area (Å²) in [5.41, 5.74) is 0. The molecule has 0 aromatic rings. The maximum absolute atomic E-state index is 11.2. The summed E-state index contributed by atoms with van der Waals surface area (Å²) in [6, 6.07) is -1.67. The Morgan fingerprint density at radius 2 is 1.94 bits per heavy atom. The molecule has 0 unspecified atom stereocenters. The molecule has 0 radical (unpaired) electrons. The largest absolute Gasteiger partial charge is 0.481 e. The first kappa shape index (κ1) is 14.8. The highest BCUT2D eigenvalue weighted by Gasteiger charge is 2.26. The van der Waals surface area contributed by atoms with Gasteiger partial charge in [-0.05, 0) is 0 Å². The second-order valence-corrected chi connectivity index (χ2v) is 4.79. The Morgan fingerprint density at radius 1 is 1.38 bits per heavy atom. The lowest BCUT2D eigenvalue weighted by Crippen LogP contribution is -2.43. The molecule has 0 saturated carbocycles. The van der Waals surface area contributed by atoms with Crippen LogP contribution >= 0.6 is 0 Å². The predicted octanol–water partition coefficient (Wildman–Crippen LogP) is -1.52. The third-order valence-electron chi connectivity index (χ3n) is 1.55. The van der Waals surface area contributed by atoms with Gasteiger partial charge in [-0.1, -0.05) is 0 Å². The summed E-state index contributed by atoms with van der Waals surface area (Å²) in [5.74, 6) is -3.36. The zero-order valence-corrected chi connectivity index (χ0v) is 9.36. The Bertz CT molecular complexity index is 350. The van der Waals surface area contributed by atoms with Gasteiger partial charge in [-0.25, -0.2) is 13.1 Å². The summed E-state index contributed by atoms with van der Waals surface area (Å²) in [5, 5.41) is 17.0. The third kappa shape index (κ3) is 6.32. The maximum atomic E-state index is 11.2. The Balaban J connectivity index is 4.50. The van der Waals surface area contributed by atoms with Crippen LogP contribution in [-0.2, 0) is 24.3 Å².